The van der Waals surface area contributed by atoms with E-state index in [1.54, 1.807) is 0 Å². The van der Waals surface area contributed by atoms with Crippen molar-refractivity contribution in [2.24, 2.45) is 0 Å². The van der Waals surface area contributed by atoms with E-state index in [2.05, 4.69) is 25.9 Å². The largest absolute Gasteiger partial charge is 0.233 e. The third kappa shape index (κ3) is 2.68. The van der Waals surface area contributed by atoms with Crippen molar-refractivity contribution in [1.29, 1.82) is 0 Å². The van der Waals surface area contributed by atoms with Gasteiger partial charge in [0, 0.05) is 26.3 Å². The van der Waals surface area contributed by atoms with E-state index in [1.807, 2.05) is 32.0 Å². The molecule has 18 heavy (non-hydrogen) atoms. The first-order valence-corrected chi connectivity index (χ1v) is 7.06. The smallest absolute Gasteiger partial charge is 0.162 e. The Bertz CT molecular complexity index is 577. The first kappa shape index (κ1) is 13.8. The van der Waals surface area contributed by atoms with Crippen LogP contribution in [0.25, 0.3) is 11.4 Å². The van der Waals surface area contributed by atoms with Crippen molar-refractivity contribution >= 4 is 39.1 Å². The van der Waals surface area contributed by atoms with Crippen molar-refractivity contribution in [3.63, 3.8) is 0 Å². The second-order valence-electron chi connectivity index (χ2n) is 3.88. The highest BCUT2D eigenvalue weighted by Gasteiger charge is 2.12. The summed E-state index contributed by atoms with van der Waals surface area (Å²) >= 11 is 15.6. The van der Waals surface area contributed by atoms with Crippen molar-refractivity contribution in [1.82, 2.24) is 9.97 Å². The molecule has 0 aliphatic rings. The van der Waals surface area contributed by atoms with Crippen LogP contribution in [0.5, 0.6) is 0 Å². The predicted molar refractivity (Wildman–Crippen MR) is 79.3 cm³/mol. The molecule has 0 aliphatic carbocycles. The van der Waals surface area contributed by atoms with Gasteiger partial charge in [-0.25, -0.2) is 9.97 Å². The molecule has 0 aliphatic heterocycles. The van der Waals surface area contributed by atoms with Crippen LogP contribution in [0.4, 0.5) is 0 Å². The second-order valence-corrected chi connectivity index (χ2v) is 5.53. The van der Waals surface area contributed by atoms with Crippen molar-refractivity contribution in [3.05, 3.63) is 44.1 Å². The van der Waals surface area contributed by atoms with Gasteiger partial charge in [0.25, 0.3) is 0 Å². The summed E-state index contributed by atoms with van der Waals surface area (Å²) < 4.78 is 0.895. The minimum Gasteiger partial charge on any atom is -0.233 e. The molecule has 94 valence electrons. The highest BCUT2D eigenvalue weighted by atomic mass is 79.9. The SMILES string of the molecule is CCc1c(C)nc(-c2cc(Cl)ccc2Br)nc1Cl. The van der Waals surface area contributed by atoms with Gasteiger partial charge in [-0.3, -0.25) is 0 Å². The number of benzene rings is 1. The van der Waals surface area contributed by atoms with Crippen molar-refractivity contribution < 1.29 is 0 Å². The van der Waals surface area contributed by atoms with Gasteiger partial charge in [0.15, 0.2) is 5.82 Å². The number of aromatic nitrogens is 2. The van der Waals surface area contributed by atoms with Crippen LogP contribution in [0.1, 0.15) is 18.2 Å². The molecule has 0 bridgehead atoms. The monoisotopic (exact) mass is 344 g/mol. The number of rotatable bonds is 2. The lowest BCUT2D eigenvalue weighted by molar-refractivity contribution is 1.00. The molecule has 2 aromatic rings. The maximum atomic E-state index is 6.18. The van der Waals surface area contributed by atoms with Gasteiger partial charge in [0.2, 0.25) is 0 Å². The van der Waals surface area contributed by atoms with E-state index in [0.29, 0.717) is 16.0 Å². The molecule has 0 N–H and O–H groups in total. The van der Waals surface area contributed by atoms with Crippen LogP contribution in [0.2, 0.25) is 10.2 Å². The Morgan fingerprint density at radius 3 is 2.56 bits per heavy atom. The van der Waals surface area contributed by atoms with E-state index in [-0.39, 0.29) is 0 Å². The minimum atomic E-state index is 0.506. The predicted octanol–water partition coefficient (Wildman–Crippen LogP) is 5.08. The molecule has 0 unspecified atom stereocenters. The first-order chi connectivity index (χ1) is 8.52. The summed E-state index contributed by atoms with van der Waals surface area (Å²) in [5.74, 6) is 0.587. The molecule has 0 saturated heterocycles. The number of aryl methyl sites for hydroxylation is 1. The van der Waals surface area contributed by atoms with E-state index < -0.39 is 0 Å². The quantitative estimate of drug-likeness (QED) is 0.709. The summed E-state index contributed by atoms with van der Waals surface area (Å²) in [5, 5.41) is 1.15. The molecule has 2 rings (SSSR count). The Labute approximate surface area is 124 Å². The Morgan fingerprint density at radius 1 is 1.22 bits per heavy atom. The maximum absolute atomic E-state index is 6.18. The van der Waals surface area contributed by atoms with Gasteiger partial charge in [-0.2, -0.15) is 0 Å². The third-order valence-corrected chi connectivity index (χ3v) is 3.93. The van der Waals surface area contributed by atoms with Crippen molar-refractivity contribution in [3.8, 4) is 11.4 Å². The summed E-state index contributed by atoms with van der Waals surface area (Å²) in [4.78, 5) is 8.84. The Kier molecular flexibility index (Phi) is 4.25. The minimum absolute atomic E-state index is 0.506. The number of hydrogen-bond donors (Lipinski definition) is 0. The molecule has 0 saturated carbocycles. The fraction of sp³-hybridized carbons (Fsp3) is 0.231. The molecular formula is C13H11BrCl2N2. The number of hydrogen-bond acceptors (Lipinski definition) is 2. The average Bonchev–Trinajstić information content (AvgIpc) is 2.32. The molecule has 0 radical (unpaired) electrons. The van der Waals surface area contributed by atoms with Gasteiger partial charge in [-0.05, 0) is 31.5 Å². The van der Waals surface area contributed by atoms with E-state index in [1.165, 1.54) is 0 Å². The van der Waals surface area contributed by atoms with Crippen molar-refractivity contribution in [2.45, 2.75) is 20.3 Å². The van der Waals surface area contributed by atoms with Gasteiger partial charge in [-0.15, -0.1) is 0 Å². The molecule has 1 aromatic heterocycles. The van der Waals surface area contributed by atoms with Crippen molar-refractivity contribution in [2.75, 3.05) is 0 Å². The Morgan fingerprint density at radius 2 is 1.94 bits per heavy atom. The lowest BCUT2D eigenvalue weighted by atomic mass is 10.1. The highest BCUT2D eigenvalue weighted by Crippen LogP contribution is 2.30. The van der Waals surface area contributed by atoms with E-state index >= 15 is 0 Å². The van der Waals surface area contributed by atoms with E-state index in [0.717, 1.165) is 27.7 Å². The Hall–Kier alpha value is -0.640. The molecule has 0 fully saturated rings. The number of nitrogens with zero attached hydrogens (tertiary/aromatic N) is 2. The lowest BCUT2D eigenvalue weighted by Gasteiger charge is -2.09. The average molecular weight is 346 g/mol. The summed E-state index contributed by atoms with van der Waals surface area (Å²) in [6.45, 7) is 3.97. The zero-order valence-electron chi connectivity index (χ0n) is 9.97. The van der Waals surface area contributed by atoms with Gasteiger partial charge in [0.1, 0.15) is 5.15 Å². The highest BCUT2D eigenvalue weighted by molar-refractivity contribution is 9.10. The molecule has 5 heteroatoms. The van der Waals surface area contributed by atoms with Crippen LogP contribution < -0.4 is 0 Å². The number of halogens is 3. The molecular weight excluding hydrogens is 335 g/mol. The fourth-order valence-corrected chi connectivity index (χ4v) is 2.70. The van der Waals surface area contributed by atoms with E-state index in [9.17, 15) is 0 Å². The first-order valence-electron chi connectivity index (χ1n) is 5.51. The van der Waals surface area contributed by atoms with Crippen LogP contribution >= 0.6 is 39.1 Å². The van der Waals surface area contributed by atoms with Crippen LogP contribution in [0, 0.1) is 6.92 Å². The van der Waals surface area contributed by atoms with Crippen LogP contribution in [0.15, 0.2) is 22.7 Å². The van der Waals surface area contributed by atoms with Crippen LogP contribution in [-0.2, 0) is 6.42 Å². The summed E-state index contributed by atoms with van der Waals surface area (Å²) in [6.07, 6.45) is 0.821. The zero-order chi connectivity index (χ0) is 13.3. The standard InChI is InChI=1S/C13H11BrCl2N2/c1-3-9-7(2)17-13(18-12(9)16)10-6-8(15)4-5-11(10)14/h4-6H,3H2,1-2H3. The molecule has 0 atom stereocenters. The normalized spacial score (nSPS) is 10.7. The molecule has 0 amide bonds. The molecule has 1 aromatic carbocycles. The van der Waals surface area contributed by atoms with Gasteiger partial charge < -0.3 is 0 Å². The van der Waals surface area contributed by atoms with Gasteiger partial charge >= 0.3 is 0 Å². The maximum Gasteiger partial charge on any atom is 0.162 e. The molecule has 2 nitrogen and oxygen atoms in total. The van der Waals surface area contributed by atoms with E-state index in [4.69, 9.17) is 23.2 Å². The summed E-state index contributed by atoms with van der Waals surface area (Å²) in [6, 6.07) is 5.50. The molecule has 0 spiro atoms. The van der Waals surface area contributed by atoms with Crippen LogP contribution in [-0.4, -0.2) is 9.97 Å². The Balaban J connectivity index is 2.61. The summed E-state index contributed by atoms with van der Waals surface area (Å²) in [5.41, 5.74) is 2.73. The topological polar surface area (TPSA) is 25.8 Å². The summed E-state index contributed by atoms with van der Waals surface area (Å²) in [7, 11) is 0. The third-order valence-electron chi connectivity index (χ3n) is 2.69. The second kappa shape index (κ2) is 5.55. The fourth-order valence-electron chi connectivity index (χ4n) is 1.75. The van der Waals surface area contributed by atoms with Gasteiger partial charge in [-0.1, -0.05) is 46.1 Å². The lowest BCUT2D eigenvalue weighted by Crippen LogP contribution is -1.99. The van der Waals surface area contributed by atoms with Crippen LogP contribution in [0.3, 0.4) is 0 Å². The molecule has 1 heterocycles. The zero-order valence-corrected chi connectivity index (χ0v) is 13.1. The van der Waals surface area contributed by atoms with Gasteiger partial charge in [0.05, 0.1) is 0 Å².